The van der Waals surface area contributed by atoms with E-state index in [1.165, 1.54) is 23.9 Å². The molecule has 0 fully saturated rings. The highest BCUT2D eigenvalue weighted by Crippen LogP contribution is 2.28. The molecular formula is C21H17FN4O2S. The molecule has 0 saturated carbocycles. The van der Waals surface area contributed by atoms with Crippen molar-refractivity contribution in [2.45, 2.75) is 11.7 Å². The van der Waals surface area contributed by atoms with Crippen LogP contribution in [-0.4, -0.2) is 26.4 Å². The number of hydrogen-bond acceptors (Lipinski definition) is 5. The maximum atomic E-state index is 13.0. The minimum Gasteiger partial charge on any atom is -0.461 e. The molecule has 0 bridgehead atoms. The van der Waals surface area contributed by atoms with Crippen LogP contribution in [0.1, 0.15) is 5.56 Å². The van der Waals surface area contributed by atoms with Crippen molar-refractivity contribution in [2.75, 3.05) is 5.75 Å². The molecule has 8 heteroatoms. The lowest BCUT2D eigenvalue weighted by Gasteiger charge is -2.09. The molecule has 29 heavy (non-hydrogen) atoms. The van der Waals surface area contributed by atoms with E-state index in [9.17, 15) is 9.18 Å². The smallest absolute Gasteiger partial charge is 0.230 e. The summed E-state index contributed by atoms with van der Waals surface area (Å²) < 4.78 is 20.3. The lowest BCUT2D eigenvalue weighted by Crippen LogP contribution is -2.24. The van der Waals surface area contributed by atoms with E-state index in [4.69, 9.17) is 4.42 Å². The monoisotopic (exact) mass is 408 g/mol. The number of halogens is 1. The summed E-state index contributed by atoms with van der Waals surface area (Å²) in [6.07, 6.45) is 1.58. The summed E-state index contributed by atoms with van der Waals surface area (Å²) in [5, 5.41) is 11.9. The molecule has 0 aliphatic carbocycles. The van der Waals surface area contributed by atoms with Gasteiger partial charge in [0.1, 0.15) is 5.82 Å². The standard InChI is InChI=1S/C21H17FN4O2S/c22-16-10-8-15(9-11-16)13-23-19(27)14-29-21-25-24-20(18-7-4-12-28-18)26(21)17-5-2-1-3-6-17/h1-12H,13-14H2,(H,23,27). The Balaban J connectivity index is 1.47. The van der Waals surface area contributed by atoms with E-state index < -0.39 is 0 Å². The highest BCUT2D eigenvalue weighted by molar-refractivity contribution is 7.99. The van der Waals surface area contributed by atoms with Crippen LogP contribution in [-0.2, 0) is 11.3 Å². The molecule has 0 spiro atoms. The predicted octanol–water partition coefficient (Wildman–Crippen LogP) is 4.07. The molecule has 1 amide bonds. The first-order valence-electron chi connectivity index (χ1n) is 8.89. The second-order valence-electron chi connectivity index (χ2n) is 6.15. The molecule has 2 aromatic heterocycles. The van der Waals surface area contributed by atoms with Crippen LogP contribution in [0, 0.1) is 5.82 Å². The minimum absolute atomic E-state index is 0.151. The first kappa shape index (κ1) is 18.9. The van der Waals surface area contributed by atoms with Crippen molar-refractivity contribution in [3.63, 3.8) is 0 Å². The van der Waals surface area contributed by atoms with Crippen molar-refractivity contribution < 1.29 is 13.6 Å². The van der Waals surface area contributed by atoms with Crippen molar-refractivity contribution in [3.05, 3.63) is 84.4 Å². The number of furan rings is 1. The summed E-state index contributed by atoms with van der Waals surface area (Å²) in [5.74, 6) is 0.874. The number of benzene rings is 2. The maximum absolute atomic E-state index is 13.0. The first-order valence-corrected chi connectivity index (χ1v) is 9.88. The largest absolute Gasteiger partial charge is 0.461 e. The highest BCUT2D eigenvalue weighted by Gasteiger charge is 2.18. The highest BCUT2D eigenvalue weighted by atomic mass is 32.2. The van der Waals surface area contributed by atoms with Gasteiger partial charge < -0.3 is 9.73 Å². The molecule has 1 N–H and O–H groups in total. The van der Waals surface area contributed by atoms with Gasteiger partial charge in [0.05, 0.1) is 12.0 Å². The number of carbonyl (C=O) groups excluding carboxylic acids is 1. The van der Waals surface area contributed by atoms with Gasteiger partial charge in [-0.1, -0.05) is 42.1 Å². The van der Waals surface area contributed by atoms with E-state index >= 15 is 0 Å². The van der Waals surface area contributed by atoms with Gasteiger partial charge in [-0.3, -0.25) is 9.36 Å². The van der Waals surface area contributed by atoms with E-state index in [2.05, 4.69) is 15.5 Å². The van der Waals surface area contributed by atoms with E-state index in [0.29, 0.717) is 23.3 Å². The Hall–Kier alpha value is -3.39. The van der Waals surface area contributed by atoms with Gasteiger partial charge >= 0.3 is 0 Å². The van der Waals surface area contributed by atoms with E-state index in [0.717, 1.165) is 11.3 Å². The molecule has 4 aromatic rings. The van der Waals surface area contributed by atoms with Crippen molar-refractivity contribution in [1.82, 2.24) is 20.1 Å². The van der Waals surface area contributed by atoms with Gasteiger partial charge in [0.2, 0.25) is 11.7 Å². The van der Waals surface area contributed by atoms with Gasteiger partial charge in [-0.2, -0.15) is 0 Å². The molecule has 2 heterocycles. The van der Waals surface area contributed by atoms with Gasteiger partial charge in [0, 0.05) is 12.2 Å². The third kappa shape index (κ3) is 4.55. The minimum atomic E-state index is -0.303. The van der Waals surface area contributed by atoms with Crippen molar-refractivity contribution in [2.24, 2.45) is 0 Å². The molecule has 0 saturated heterocycles. The average molecular weight is 408 g/mol. The van der Waals surface area contributed by atoms with Crippen LogP contribution in [0.2, 0.25) is 0 Å². The molecular weight excluding hydrogens is 391 g/mol. The Morgan fingerprint density at radius 3 is 2.55 bits per heavy atom. The molecule has 4 rings (SSSR count). The van der Waals surface area contributed by atoms with Crippen LogP contribution in [0.25, 0.3) is 17.3 Å². The zero-order chi connectivity index (χ0) is 20.1. The van der Waals surface area contributed by atoms with Crippen LogP contribution in [0.15, 0.2) is 82.6 Å². The average Bonchev–Trinajstić information content (AvgIpc) is 3.42. The number of nitrogens with zero attached hydrogens (tertiary/aromatic N) is 3. The number of nitrogens with one attached hydrogen (secondary N) is 1. The number of thioether (sulfide) groups is 1. The summed E-state index contributed by atoms with van der Waals surface area (Å²) in [6.45, 7) is 0.336. The van der Waals surface area contributed by atoms with Crippen molar-refractivity contribution >= 4 is 17.7 Å². The summed E-state index contributed by atoms with van der Waals surface area (Å²) in [7, 11) is 0. The fraction of sp³-hybridized carbons (Fsp3) is 0.0952. The lowest BCUT2D eigenvalue weighted by atomic mass is 10.2. The lowest BCUT2D eigenvalue weighted by molar-refractivity contribution is -0.118. The van der Waals surface area contributed by atoms with Crippen LogP contribution in [0.5, 0.6) is 0 Å². The number of aromatic nitrogens is 3. The molecule has 0 aliphatic rings. The second kappa shape index (κ2) is 8.74. The molecule has 0 atom stereocenters. The van der Waals surface area contributed by atoms with Crippen molar-refractivity contribution in [1.29, 1.82) is 0 Å². The third-order valence-electron chi connectivity index (χ3n) is 4.12. The topological polar surface area (TPSA) is 73.0 Å². The van der Waals surface area contributed by atoms with Gasteiger partial charge in [0.25, 0.3) is 0 Å². The quantitative estimate of drug-likeness (QED) is 0.467. The second-order valence-corrected chi connectivity index (χ2v) is 7.09. The SMILES string of the molecule is O=C(CSc1nnc(-c2ccco2)n1-c1ccccc1)NCc1ccc(F)cc1. The van der Waals surface area contributed by atoms with Crippen LogP contribution < -0.4 is 5.32 Å². The molecule has 0 unspecified atom stereocenters. The fourth-order valence-electron chi connectivity index (χ4n) is 2.72. The van der Waals surface area contributed by atoms with Gasteiger partial charge in [-0.15, -0.1) is 10.2 Å². The molecule has 0 radical (unpaired) electrons. The zero-order valence-corrected chi connectivity index (χ0v) is 16.1. The van der Waals surface area contributed by atoms with E-state index in [1.54, 1.807) is 24.5 Å². The molecule has 146 valence electrons. The number of rotatable bonds is 7. The van der Waals surface area contributed by atoms with E-state index in [-0.39, 0.29) is 17.5 Å². The number of carbonyl (C=O) groups is 1. The summed E-state index contributed by atoms with van der Waals surface area (Å²) >= 11 is 1.28. The van der Waals surface area contributed by atoms with Crippen LogP contribution in [0.3, 0.4) is 0 Å². The summed E-state index contributed by atoms with van der Waals surface area (Å²) in [4.78, 5) is 12.3. The van der Waals surface area contributed by atoms with E-state index in [1.807, 2.05) is 41.0 Å². The Morgan fingerprint density at radius 1 is 1.03 bits per heavy atom. The number of para-hydroxylation sites is 1. The van der Waals surface area contributed by atoms with Gasteiger partial charge in [0.15, 0.2) is 10.9 Å². The van der Waals surface area contributed by atoms with Crippen LogP contribution in [0.4, 0.5) is 4.39 Å². The molecule has 2 aromatic carbocycles. The molecule has 6 nitrogen and oxygen atoms in total. The van der Waals surface area contributed by atoms with Crippen LogP contribution >= 0.6 is 11.8 Å². The van der Waals surface area contributed by atoms with Gasteiger partial charge in [-0.25, -0.2) is 4.39 Å². The first-order chi connectivity index (χ1) is 14.2. The number of hydrogen-bond donors (Lipinski definition) is 1. The van der Waals surface area contributed by atoms with Crippen molar-refractivity contribution in [3.8, 4) is 17.3 Å². The Labute approximate surface area is 170 Å². The number of amides is 1. The Morgan fingerprint density at radius 2 is 1.83 bits per heavy atom. The normalized spacial score (nSPS) is 10.8. The third-order valence-corrected chi connectivity index (χ3v) is 5.05. The predicted molar refractivity (Wildman–Crippen MR) is 108 cm³/mol. The summed E-state index contributed by atoms with van der Waals surface area (Å²) in [5.41, 5.74) is 1.70. The maximum Gasteiger partial charge on any atom is 0.230 e. The molecule has 0 aliphatic heterocycles. The zero-order valence-electron chi connectivity index (χ0n) is 15.3. The Kier molecular flexibility index (Phi) is 5.71. The fourth-order valence-corrected chi connectivity index (χ4v) is 3.50. The summed E-state index contributed by atoms with van der Waals surface area (Å²) in [6, 6.07) is 19.3. The van der Waals surface area contributed by atoms with Gasteiger partial charge in [-0.05, 0) is 42.0 Å². The Bertz CT molecular complexity index is 1080.